The molecule has 2 rings (SSSR count). The third kappa shape index (κ3) is 4.41. The molecule has 2 fully saturated rings. The monoisotopic (exact) mass is 297 g/mol. The third-order valence-corrected chi connectivity index (χ3v) is 4.35. The number of nitrogens with one attached hydrogen (secondary N) is 1. The summed E-state index contributed by atoms with van der Waals surface area (Å²) in [5.74, 6) is -0.0295. The number of carbonyl (C=O) groups is 2. The van der Waals surface area contributed by atoms with Gasteiger partial charge in [-0.15, -0.1) is 0 Å². The minimum atomic E-state index is -0.109. The van der Waals surface area contributed by atoms with E-state index >= 15 is 0 Å². The summed E-state index contributed by atoms with van der Waals surface area (Å²) in [5, 5.41) is 2.96. The van der Waals surface area contributed by atoms with E-state index in [1.54, 1.807) is 0 Å². The van der Waals surface area contributed by atoms with Crippen LogP contribution in [0.3, 0.4) is 0 Å². The zero-order valence-electron chi connectivity index (χ0n) is 13.1. The summed E-state index contributed by atoms with van der Waals surface area (Å²) in [4.78, 5) is 28.3. The molecule has 1 aliphatic heterocycles. The van der Waals surface area contributed by atoms with E-state index in [0.717, 1.165) is 45.9 Å². The SMILES string of the molecule is CCN(CC)C(=O)C1CC1C(=O)NCCN1CCOCC1. The van der Waals surface area contributed by atoms with Gasteiger partial charge in [0.25, 0.3) is 0 Å². The van der Waals surface area contributed by atoms with Gasteiger partial charge in [0.15, 0.2) is 0 Å². The summed E-state index contributed by atoms with van der Waals surface area (Å²) >= 11 is 0. The van der Waals surface area contributed by atoms with E-state index in [0.29, 0.717) is 13.0 Å². The standard InChI is InChI=1S/C15H27N3O3/c1-3-18(4-2)15(20)13-11-12(13)14(19)16-5-6-17-7-9-21-10-8-17/h12-13H,3-11H2,1-2H3,(H,16,19). The quantitative estimate of drug-likeness (QED) is 0.715. The van der Waals surface area contributed by atoms with Gasteiger partial charge in [-0.05, 0) is 20.3 Å². The van der Waals surface area contributed by atoms with Crippen LogP contribution in [0.5, 0.6) is 0 Å². The van der Waals surface area contributed by atoms with Crippen LogP contribution < -0.4 is 5.32 Å². The van der Waals surface area contributed by atoms with Crippen LogP contribution in [0.1, 0.15) is 20.3 Å². The molecular weight excluding hydrogens is 270 g/mol. The summed E-state index contributed by atoms with van der Waals surface area (Å²) in [7, 11) is 0. The highest BCUT2D eigenvalue weighted by Crippen LogP contribution is 2.40. The largest absolute Gasteiger partial charge is 0.379 e. The molecule has 2 unspecified atom stereocenters. The summed E-state index contributed by atoms with van der Waals surface area (Å²) in [6.45, 7) is 10.3. The van der Waals surface area contributed by atoms with E-state index in [-0.39, 0.29) is 23.7 Å². The molecule has 0 bridgehead atoms. The van der Waals surface area contributed by atoms with E-state index < -0.39 is 0 Å². The molecule has 1 heterocycles. The maximum absolute atomic E-state index is 12.1. The van der Waals surface area contributed by atoms with Gasteiger partial charge >= 0.3 is 0 Å². The number of carbonyl (C=O) groups excluding carboxylic acids is 2. The maximum Gasteiger partial charge on any atom is 0.226 e. The molecule has 0 spiro atoms. The van der Waals surface area contributed by atoms with Crippen LogP contribution in [0.25, 0.3) is 0 Å². The highest BCUT2D eigenvalue weighted by atomic mass is 16.5. The van der Waals surface area contributed by atoms with Gasteiger partial charge < -0.3 is 15.0 Å². The maximum atomic E-state index is 12.1. The van der Waals surface area contributed by atoms with Crippen molar-refractivity contribution in [2.45, 2.75) is 20.3 Å². The number of morpholine rings is 1. The average Bonchev–Trinajstić information content (AvgIpc) is 3.30. The zero-order valence-corrected chi connectivity index (χ0v) is 13.1. The summed E-state index contributed by atoms with van der Waals surface area (Å²) in [6, 6.07) is 0. The zero-order chi connectivity index (χ0) is 15.2. The third-order valence-electron chi connectivity index (χ3n) is 4.35. The minimum absolute atomic E-state index is 0.0359. The Bertz CT molecular complexity index is 365. The Morgan fingerprint density at radius 2 is 1.86 bits per heavy atom. The van der Waals surface area contributed by atoms with Crippen LogP contribution in [0, 0.1) is 11.8 Å². The second kappa shape index (κ2) is 7.75. The highest BCUT2D eigenvalue weighted by Gasteiger charge is 2.48. The van der Waals surface area contributed by atoms with Crippen LogP contribution in [0.15, 0.2) is 0 Å². The van der Waals surface area contributed by atoms with E-state index in [1.807, 2.05) is 18.7 Å². The van der Waals surface area contributed by atoms with Crippen LogP contribution in [-0.4, -0.2) is 74.1 Å². The number of rotatable bonds is 7. The lowest BCUT2D eigenvalue weighted by Gasteiger charge is -2.26. The number of hydrogen-bond donors (Lipinski definition) is 1. The van der Waals surface area contributed by atoms with Crippen molar-refractivity contribution < 1.29 is 14.3 Å². The van der Waals surface area contributed by atoms with E-state index in [9.17, 15) is 9.59 Å². The Morgan fingerprint density at radius 3 is 2.48 bits per heavy atom. The Balaban J connectivity index is 1.65. The molecule has 1 aliphatic carbocycles. The number of hydrogen-bond acceptors (Lipinski definition) is 4. The second-order valence-electron chi connectivity index (χ2n) is 5.70. The molecule has 2 atom stereocenters. The molecule has 120 valence electrons. The van der Waals surface area contributed by atoms with E-state index in [2.05, 4.69) is 10.2 Å². The van der Waals surface area contributed by atoms with Crippen molar-refractivity contribution in [1.29, 1.82) is 0 Å². The second-order valence-corrected chi connectivity index (χ2v) is 5.70. The van der Waals surface area contributed by atoms with Gasteiger partial charge in [0.1, 0.15) is 0 Å². The van der Waals surface area contributed by atoms with Gasteiger partial charge in [0.05, 0.1) is 25.0 Å². The molecular formula is C15H27N3O3. The molecule has 0 radical (unpaired) electrons. The molecule has 1 saturated carbocycles. The first-order valence-electron chi connectivity index (χ1n) is 8.04. The van der Waals surface area contributed by atoms with Crippen LogP contribution in [0.4, 0.5) is 0 Å². The summed E-state index contributed by atoms with van der Waals surface area (Å²) in [5.41, 5.74) is 0. The predicted molar refractivity (Wildman–Crippen MR) is 79.8 cm³/mol. The molecule has 1 saturated heterocycles. The highest BCUT2D eigenvalue weighted by molar-refractivity contribution is 5.92. The number of amides is 2. The molecule has 0 aromatic heterocycles. The fourth-order valence-corrected chi connectivity index (χ4v) is 2.82. The lowest BCUT2D eigenvalue weighted by molar-refractivity contribution is -0.134. The number of nitrogens with zero attached hydrogens (tertiary/aromatic N) is 2. The van der Waals surface area contributed by atoms with Crippen LogP contribution in [0.2, 0.25) is 0 Å². The van der Waals surface area contributed by atoms with Crippen molar-refractivity contribution in [3.8, 4) is 0 Å². The Morgan fingerprint density at radius 1 is 1.19 bits per heavy atom. The number of ether oxygens (including phenoxy) is 1. The fraction of sp³-hybridized carbons (Fsp3) is 0.867. The lowest BCUT2D eigenvalue weighted by atomic mass is 10.2. The molecule has 6 nitrogen and oxygen atoms in total. The van der Waals surface area contributed by atoms with Gasteiger partial charge in [-0.1, -0.05) is 0 Å². The van der Waals surface area contributed by atoms with Crippen molar-refractivity contribution in [2.75, 3.05) is 52.5 Å². The molecule has 6 heteroatoms. The van der Waals surface area contributed by atoms with Crippen molar-refractivity contribution in [2.24, 2.45) is 11.8 Å². The van der Waals surface area contributed by atoms with Crippen molar-refractivity contribution >= 4 is 11.8 Å². The molecule has 2 amide bonds. The Labute approximate surface area is 126 Å². The van der Waals surface area contributed by atoms with Crippen molar-refractivity contribution in [1.82, 2.24) is 15.1 Å². The molecule has 21 heavy (non-hydrogen) atoms. The van der Waals surface area contributed by atoms with Gasteiger partial charge in [-0.3, -0.25) is 14.5 Å². The van der Waals surface area contributed by atoms with Gasteiger partial charge in [-0.25, -0.2) is 0 Å². The van der Waals surface area contributed by atoms with E-state index in [4.69, 9.17) is 4.74 Å². The molecule has 0 aromatic carbocycles. The fourth-order valence-electron chi connectivity index (χ4n) is 2.82. The smallest absolute Gasteiger partial charge is 0.226 e. The summed E-state index contributed by atoms with van der Waals surface area (Å²) < 4.78 is 5.29. The first kappa shape index (κ1) is 16.2. The molecule has 0 aromatic rings. The molecule has 1 N–H and O–H groups in total. The molecule has 2 aliphatic rings. The van der Waals surface area contributed by atoms with Gasteiger partial charge in [-0.2, -0.15) is 0 Å². The minimum Gasteiger partial charge on any atom is -0.379 e. The lowest BCUT2D eigenvalue weighted by Crippen LogP contribution is -2.42. The average molecular weight is 297 g/mol. The van der Waals surface area contributed by atoms with Gasteiger partial charge in [0.2, 0.25) is 11.8 Å². The van der Waals surface area contributed by atoms with E-state index in [1.165, 1.54) is 0 Å². The van der Waals surface area contributed by atoms with Crippen molar-refractivity contribution in [3.05, 3.63) is 0 Å². The first-order valence-corrected chi connectivity index (χ1v) is 8.04. The Hall–Kier alpha value is -1.14. The normalized spacial score (nSPS) is 25.4. The van der Waals surface area contributed by atoms with Crippen LogP contribution in [-0.2, 0) is 14.3 Å². The van der Waals surface area contributed by atoms with Crippen molar-refractivity contribution in [3.63, 3.8) is 0 Å². The van der Waals surface area contributed by atoms with Crippen LogP contribution >= 0.6 is 0 Å². The first-order chi connectivity index (χ1) is 10.2. The van der Waals surface area contributed by atoms with Gasteiger partial charge in [0, 0.05) is 39.3 Å². The topological polar surface area (TPSA) is 61.9 Å². The predicted octanol–water partition coefficient (Wildman–Crippen LogP) is -0.0607. The Kier molecular flexibility index (Phi) is 5.99. The summed E-state index contributed by atoms with van der Waals surface area (Å²) in [6.07, 6.45) is 0.707.